The molecule has 1 amide bonds. The Bertz CT molecular complexity index is 408. The zero-order valence-electron chi connectivity index (χ0n) is 9.63. The fourth-order valence-electron chi connectivity index (χ4n) is 1.66. The summed E-state index contributed by atoms with van der Waals surface area (Å²) in [5, 5.41) is 0. The van der Waals surface area contributed by atoms with Crippen molar-refractivity contribution in [1.29, 1.82) is 0 Å². The fraction of sp³-hybridized carbons (Fsp3) is 0.308. The zero-order valence-corrected chi connectivity index (χ0v) is 10.5. The van der Waals surface area contributed by atoms with Crippen LogP contribution in [-0.4, -0.2) is 35.4 Å². The highest BCUT2D eigenvalue weighted by Crippen LogP contribution is 2.11. The number of hydrogen-bond acceptors (Lipinski definition) is 3. The van der Waals surface area contributed by atoms with Crippen LogP contribution >= 0.6 is 11.8 Å². The molecule has 1 aliphatic rings. The van der Waals surface area contributed by atoms with Gasteiger partial charge in [0.25, 0.3) is 0 Å². The quantitative estimate of drug-likeness (QED) is 0.642. The molecule has 1 saturated heterocycles. The molecule has 17 heavy (non-hydrogen) atoms. The topological polar surface area (TPSA) is 46.3 Å². The first kappa shape index (κ1) is 12.0. The maximum absolute atomic E-state index is 11.8. The van der Waals surface area contributed by atoms with Crippen LogP contribution in [0.25, 0.3) is 6.08 Å². The number of hydrogen-bond donors (Lipinski definition) is 1. The van der Waals surface area contributed by atoms with Crippen LogP contribution in [0.3, 0.4) is 0 Å². The molecule has 1 aliphatic heterocycles. The minimum Gasteiger partial charge on any atom is -0.399 e. The maximum Gasteiger partial charge on any atom is 0.246 e. The molecule has 0 aliphatic carbocycles. The molecule has 0 bridgehead atoms. The van der Waals surface area contributed by atoms with Crippen LogP contribution in [0.1, 0.15) is 5.56 Å². The van der Waals surface area contributed by atoms with Crippen molar-refractivity contribution in [2.24, 2.45) is 0 Å². The van der Waals surface area contributed by atoms with Gasteiger partial charge in [0.2, 0.25) is 5.91 Å². The van der Waals surface area contributed by atoms with E-state index in [2.05, 4.69) is 0 Å². The van der Waals surface area contributed by atoms with Gasteiger partial charge in [-0.3, -0.25) is 4.79 Å². The molecule has 4 heteroatoms. The molecule has 0 spiro atoms. The highest BCUT2D eigenvalue weighted by molar-refractivity contribution is 7.99. The number of carbonyl (C=O) groups is 1. The number of amides is 1. The van der Waals surface area contributed by atoms with Gasteiger partial charge >= 0.3 is 0 Å². The third-order valence-electron chi connectivity index (χ3n) is 2.68. The minimum absolute atomic E-state index is 0.0992. The summed E-state index contributed by atoms with van der Waals surface area (Å²) >= 11 is 1.90. The maximum atomic E-state index is 11.8. The SMILES string of the molecule is Nc1ccc(/C=C/C(=O)N2CCSCC2)cc1. The molecular weight excluding hydrogens is 232 g/mol. The Morgan fingerprint density at radius 3 is 2.53 bits per heavy atom. The average Bonchev–Trinajstić information content (AvgIpc) is 2.39. The lowest BCUT2D eigenvalue weighted by molar-refractivity contribution is -0.125. The lowest BCUT2D eigenvalue weighted by Gasteiger charge is -2.25. The number of thioether (sulfide) groups is 1. The van der Waals surface area contributed by atoms with Gasteiger partial charge in [0.15, 0.2) is 0 Å². The van der Waals surface area contributed by atoms with Crippen molar-refractivity contribution in [3.05, 3.63) is 35.9 Å². The Hall–Kier alpha value is -1.42. The first-order chi connectivity index (χ1) is 8.25. The first-order valence-corrected chi connectivity index (χ1v) is 6.81. The van der Waals surface area contributed by atoms with Crippen LogP contribution in [0.4, 0.5) is 5.69 Å². The Morgan fingerprint density at radius 1 is 1.24 bits per heavy atom. The predicted octanol–water partition coefficient (Wildman–Crippen LogP) is 1.86. The second-order valence-electron chi connectivity index (χ2n) is 3.94. The van der Waals surface area contributed by atoms with Gasteiger partial charge in [0, 0.05) is 36.4 Å². The van der Waals surface area contributed by atoms with E-state index >= 15 is 0 Å². The number of rotatable bonds is 2. The highest BCUT2D eigenvalue weighted by Gasteiger charge is 2.13. The zero-order chi connectivity index (χ0) is 12.1. The minimum atomic E-state index is 0.0992. The molecule has 90 valence electrons. The molecule has 0 atom stereocenters. The Morgan fingerprint density at radius 2 is 1.88 bits per heavy atom. The second-order valence-corrected chi connectivity index (χ2v) is 5.16. The van der Waals surface area contributed by atoms with Gasteiger partial charge in [-0.2, -0.15) is 11.8 Å². The summed E-state index contributed by atoms with van der Waals surface area (Å²) in [6.45, 7) is 1.71. The molecule has 1 aromatic carbocycles. The first-order valence-electron chi connectivity index (χ1n) is 5.66. The molecular formula is C13H16N2OS. The smallest absolute Gasteiger partial charge is 0.246 e. The molecule has 0 unspecified atom stereocenters. The molecule has 1 aromatic rings. The van der Waals surface area contributed by atoms with Crippen LogP contribution in [0.5, 0.6) is 0 Å². The van der Waals surface area contributed by atoms with Crippen LogP contribution in [0, 0.1) is 0 Å². The summed E-state index contributed by atoms with van der Waals surface area (Å²) in [7, 11) is 0. The number of nitrogen functional groups attached to an aromatic ring is 1. The van der Waals surface area contributed by atoms with E-state index in [1.165, 1.54) is 0 Å². The van der Waals surface area contributed by atoms with E-state index in [0.717, 1.165) is 35.8 Å². The van der Waals surface area contributed by atoms with E-state index < -0.39 is 0 Å². The number of anilines is 1. The summed E-state index contributed by atoms with van der Waals surface area (Å²) in [5.41, 5.74) is 7.33. The largest absolute Gasteiger partial charge is 0.399 e. The van der Waals surface area contributed by atoms with Gasteiger partial charge in [0.05, 0.1) is 0 Å². The summed E-state index contributed by atoms with van der Waals surface area (Å²) in [6, 6.07) is 7.49. The van der Waals surface area contributed by atoms with E-state index in [4.69, 9.17) is 5.73 Å². The molecule has 2 rings (SSSR count). The molecule has 0 aromatic heterocycles. The van der Waals surface area contributed by atoms with E-state index in [1.807, 2.05) is 47.0 Å². The summed E-state index contributed by atoms with van der Waals surface area (Å²) in [4.78, 5) is 13.7. The molecule has 3 nitrogen and oxygen atoms in total. The predicted molar refractivity (Wildman–Crippen MR) is 73.8 cm³/mol. The van der Waals surface area contributed by atoms with Gasteiger partial charge in [-0.1, -0.05) is 12.1 Å². The van der Waals surface area contributed by atoms with E-state index in [9.17, 15) is 4.79 Å². The lowest BCUT2D eigenvalue weighted by Crippen LogP contribution is -2.36. The summed E-state index contributed by atoms with van der Waals surface area (Å²) < 4.78 is 0. The van der Waals surface area contributed by atoms with Gasteiger partial charge in [-0.25, -0.2) is 0 Å². The number of nitrogens with two attached hydrogens (primary N) is 1. The van der Waals surface area contributed by atoms with Crippen molar-refractivity contribution < 1.29 is 4.79 Å². The van der Waals surface area contributed by atoms with Crippen LogP contribution < -0.4 is 5.73 Å². The van der Waals surface area contributed by atoms with Crippen molar-refractivity contribution >= 4 is 29.4 Å². The van der Waals surface area contributed by atoms with Gasteiger partial charge in [0.1, 0.15) is 0 Å². The van der Waals surface area contributed by atoms with Gasteiger partial charge in [-0.05, 0) is 23.8 Å². The van der Waals surface area contributed by atoms with Crippen LogP contribution in [0.15, 0.2) is 30.3 Å². The number of carbonyl (C=O) groups excluding carboxylic acids is 1. The second kappa shape index (κ2) is 5.77. The number of benzene rings is 1. The standard InChI is InChI=1S/C13H16N2OS/c14-12-4-1-11(2-5-12)3-6-13(16)15-7-9-17-10-8-15/h1-6H,7-10,14H2/b6-3+. The van der Waals surface area contributed by atoms with Gasteiger partial charge < -0.3 is 10.6 Å². The van der Waals surface area contributed by atoms with E-state index in [1.54, 1.807) is 6.08 Å². The molecule has 1 heterocycles. The molecule has 0 radical (unpaired) electrons. The third kappa shape index (κ3) is 3.53. The lowest BCUT2D eigenvalue weighted by atomic mass is 10.2. The average molecular weight is 248 g/mol. The van der Waals surface area contributed by atoms with Crippen molar-refractivity contribution in [2.45, 2.75) is 0 Å². The Balaban J connectivity index is 1.95. The monoisotopic (exact) mass is 248 g/mol. The molecule has 0 saturated carbocycles. The van der Waals surface area contributed by atoms with E-state index in [-0.39, 0.29) is 5.91 Å². The van der Waals surface area contributed by atoms with Crippen LogP contribution in [-0.2, 0) is 4.79 Å². The highest BCUT2D eigenvalue weighted by atomic mass is 32.2. The Labute approximate surface area is 106 Å². The van der Waals surface area contributed by atoms with Crippen molar-refractivity contribution in [3.63, 3.8) is 0 Å². The third-order valence-corrected chi connectivity index (χ3v) is 3.62. The van der Waals surface area contributed by atoms with Crippen molar-refractivity contribution in [3.8, 4) is 0 Å². The van der Waals surface area contributed by atoms with E-state index in [0.29, 0.717) is 0 Å². The van der Waals surface area contributed by atoms with Crippen LogP contribution in [0.2, 0.25) is 0 Å². The molecule has 2 N–H and O–H groups in total. The van der Waals surface area contributed by atoms with Gasteiger partial charge in [-0.15, -0.1) is 0 Å². The number of nitrogens with zero attached hydrogens (tertiary/aromatic N) is 1. The molecule has 1 fully saturated rings. The summed E-state index contributed by atoms with van der Waals surface area (Å²) in [6.07, 6.45) is 3.48. The normalized spacial score (nSPS) is 16.4. The van der Waals surface area contributed by atoms with Crippen molar-refractivity contribution in [2.75, 3.05) is 30.3 Å². The Kier molecular flexibility index (Phi) is 4.09. The van der Waals surface area contributed by atoms with Crippen molar-refractivity contribution in [1.82, 2.24) is 4.90 Å². The fourth-order valence-corrected chi connectivity index (χ4v) is 2.57. The summed E-state index contributed by atoms with van der Waals surface area (Å²) in [5.74, 6) is 2.19.